The molecular weight excluding hydrogens is 208 g/mol. The Hall–Kier alpha value is -2.29. The smallest absolute Gasteiger partial charge is 0.244 e. The summed E-state index contributed by atoms with van der Waals surface area (Å²) in [6, 6.07) is 5.26. The molecule has 0 radical (unpaired) electrons. The number of furan rings is 1. The van der Waals surface area contributed by atoms with Gasteiger partial charge in [-0.1, -0.05) is 0 Å². The summed E-state index contributed by atoms with van der Waals surface area (Å²) in [6.07, 6.45) is 3.03. The van der Waals surface area contributed by atoms with Gasteiger partial charge in [-0.25, -0.2) is 0 Å². The molecule has 1 atom stereocenters. The number of hydrogen-bond acceptors (Lipinski definition) is 5. The second-order valence-corrected chi connectivity index (χ2v) is 3.30. The maximum absolute atomic E-state index is 11.4. The number of amides is 1. The first kappa shape index (κ1) is 10.2. The van der Waals surface area contributed by atoms with E-state index in [9.17, 15) is 4.79 Å². The quantitative estimate of drug-likeness (QED) is 0.436. The van der Waals surface area contributed by atoms with Crippen molar-refractivity contribution >= 4 is 12.1 Å². The molecule has 0 spiro atoms. The van der Waals surface area contributed by atoms with Gasteiger partial charge in [-0.15, -0.1) is 0 Å². The zero-order valence-corrected chi connectivity index (χ0v) is 8.46. The second-order valence-electron chi connectivity index (χ2n) is 3.30. The summed E-state index contributed by atoms with van der Waals surface area (Å²) < 4.78 is 5.01. The summed E-state index contributed by atoms with van der Waals surface area (Å²) in [5.74, 6) is 0.490. The fraction of sp³-hybridized carbons (Fsp3) is 0.300. The van der Waals surface area contributed by atoms with Crippen LogP contribution in [0.3, 0.4) is 0 Å². The van der Waals surface area contributed by atoms with Gasteiger partial charge in [0, 0.05) is 0 Å². The number of carbonyl (C=O) groups is 1. The van der Waals surface area contributed by atoms with Crippen molar-refractivity contribution in [2.24, 2.45) is 5.10 Å². The first-order valence-corrected chi connectivity index (χ1v) is 4.80. The largest absolute Gasteiger partial charge is 0.463 e. The molecule has 1 amide bonds. The third-order valence-electron chi connectivity index (χ3n) is 2.14. The van der Waals surface area contributed by atoms with Gasteiger partial charge in [0.1, 0.15) is 18.3 Å². The topological polar surface area (TPSA) is 81.4 Å². The van der Waals surface area contributed by atoms with Crippen LogP contribution in [0.1, 0.15) is 5.76 Å². The van der Waals surface area contributed by atoms with Gasteiger partial charge in [0.25, 0.3) is 0 Å². The van der Waals surface area contributed by atoms with Gasteiger partial charge in [0.2, 0.25) is 5.91 Å². The van der Waals surface area contributed by atoms with E-state index >= 15 is 0 Å². The highest BCUT2D eigenvalue weighted by atomic mass is 16.3. The summed E-state index contributed by atoms with van der Waals surface area (Å²) in [5.41, 5.74) is 2.60. The van der Waals surface area contributed by atoms with Crippen molar-refractivity contribution in [3.63, 3.8) is 0 Å². The molecule has 0 saturated carbocycles. The molecule has 2 heterocycles. The van der Waals surface area contributed by atoms with Gasteiger partial charge in [-0.2, -0.15) is 10.4 Å². The number of nitrogens with one attached hydrogen (secondary N) is 1. The van der Waals surface area contributed by atoms with Gasteiger partial charge in [-0.3, -0.25) is 4.79 Å². The van der Waals surface area contributed by atoms with Gasteiger partial charge in [0.15, 0.2) is 0 Å². The second kappa shape index (κ2) is 4.49. The molecule has 2 rings (SSSR count). The number of hydrogen-bond donors (Lipinski definition) is 1. The van der Waals surface area contributed by atoms with Crippen LogP contribution in [0.5, 0.6) is 0 Å². The lowest BCUT2D eigenvalue weighted by atomic mass is 10.5. The standard InChI is InChI=1S/C10H10N4O2/c11-4-8-7-14(8)10(15)6-13-12-5-9-2-1-3-16-9/h1-3,5,8,13H,6-7H2/b12-5+. The number of carbonyl (C=O) groups excluding carboxylic acids is 1. The molecule has 1 unspecified atom stereocenters. The van der Waals surface area contributed by atoms with Crippen LogP contribution in [0.15, 0.2) is 27.9 Å². The summed E-state index contributed by atoms with van der Waals surface area (Å²) in [5, 5.41) is 12.3. The molecule has 0 aromatic carbocycles. The monoisotopic (exact) mass is 218 g/mol. The lowest BCUT2D eigenvalue weighted by Crippen LogP contribution is -2.25. The Morgan fingerprint density at radius 2 is 2.75 bits per heavy atom. The lowest BCUT2D eigenvalue weighted by Gasteiger charge is -2.00. The first-order valence-electron chi connectivity index (χ1n) is 4.80. The van der Waals surface area contributed by atoms with Crippen LogP contribution in [0.4, 0.5) is 0 Å². The molecule has 1 aromatic rings. The van der Waals surface area contributed by atoms with Gasteiger partial charge in [0.05, 0.1) is 25.1 Å². The summed E-state index contributed by atoms with van der Waals surface area (Å²) >= 11 is 0. The third-order valence-corrected chi connectivity index (χ3v) is 2.14. The lowest BCUT2D eigenvalue weighted by molar-refractivity contribution is -0.125. The predicted molar refractivity (Wildman–Crippen MR) is 55.4 cm³/mol. The Morgan fingerprint density at radius 1 is 1.88 bits per heavy atom. The van der Waals surface area contributed by atoms with Crippen molar-refractivity contribution < 1.29 is 9.21 Å². The van der Waals surface area contributed by atoms with Crippen LogP contribution in [-0.4, -0.2) is 36.2 Å². The molecule has 1 fully saturated rings. The summed E-state index contributed by atoms with van der Waals surface area (Å²) in [7, 11) is 0. The van der Waals surface area contributed by atoms with Crippen molar-refractivity contribution in [1.29, 1.82) is 5.26 Å². The van der Waals surface area contributed by atoms with Gasteiger partial charge in [-0.05, 0) is 12.1 Å². The Balaban J connectivity index is 1.69. The molecule has 1 aromatic heterocycles. The molecule has 16 heavy (non-hydrogen) atoms. The van der Waals surface area contributed by atoms with Crippen molar-refractivity contribution in [2.45, 2.75) is 6.04 Å². The minimum atomic E-state index is -0.247. The number of nitrogens with zero attached hydrogens (tertiary/aromatic N) is 3. The predicted octanol–water partition coefficient (Wildman–Crippen LogP) is -0.0625. The van der Waals surface area contributed by atoms with Crippen molar-refractivity contribution in [3.8, 4) is 6.07 Å². The minimum absolute atomic E-state index is 0.0926. The van der Waals surface area contributed by atoms with E-state index in [0.29, 0.717) is 12.3 Å². The van der Waals surface area contributed by atoms with Crippen molar-refractivity contribution in [3.05, 3.63) is 24.2 Å². The van der Waals surface area contributed by atoms with E-state index in [0.717, 1.165) is 0 Å². The number of nitriles is 1. The van der Waals surface area contributed by atoms with E-state index in [-0.39, 0.29) is 18.5 Å². The van der Waals surface area contributed by atoms with E-state index in [2.05, 4.69) is 10.5 Å². The Labute approximate surface area is 92.1 Å². The molecular formula is C10H10N4O2. The Morgan fingerprint density at radius 3 is 3.38 bits per heavy atom. The van der Waals surface area contributed by atoms with E-state index < -0.39 is 0 Å². The van der Waals surface area contributed by atoms with E-state index in [1.807, 2.05) is 6.07 Å². The molecule has 6 nitrogen and oxygen atoms in total. The SMILES string of the molecule is N#CC1CN1C(=O)CN/N=C/c1ccco1. The molecule has 0 bridgehead atoms. The van der Waals surface area contributed by atoms with Gasteiger partial charge < -0.3 is 14.7 Å². The van der Waals surface area contributed by atoms with Crippen LogP contribution in [0, 0.1) is 11.3 Å². The highest BCUT2D eigenvalue weighted by molar-refractivity contribution is 5.82. The molecule has 1 aliphatic rings. The molecule has 1 saturated heterocycles. The molecule has 82 valence electrons. The number of rotatable bonds is 4. The van der Waals surface area contributed by atoms with Gasteiger partial charge >= 0.3 is 0 Å². The zero-order valence-electron chi connectivity index (χ0n) is 8.46. The zero-order chi connectivity index (χ0) is 11.4. The molecule has 6 heteroatoms. The highest BCUT2D eigenvalue weighted by Crippen LogP contribution is 2.15. The van der Waals surface area contributed by atoms with Crippen LogP contribution in [0.2, 0.25) is 0 Å². The Kier molecular flexibility index (Phi) is 2.87. The molecule has 1 N–H and O–H groups in total. The van der Waals surface area contributed by atoms with Crippen molar-refractivity contribution in [1.82, 2.24) is 10.3 Å². The van der Waals surface area contributed by atoms with Crippen molar-refractivity contribution in [2.75, 3.05) is 13.1 Å². The summed E-state index contributed by atoms with van der Waals surface area (Å²) in [6.45, 7) is 0.619. The van der Waals surface area contributed by atoms with Crippen LogP contribution in [-0.2, 0) is 4.79 Å². The highest BCUT2D eigenvalue weighted by Gasteiger charge is 2.37. The van der Waals surface area contributed by atoms with Crippen LogP contribution < -0.4 is 5.43 Å². The summed E-state index contributed by atoms with van der Waals surface area (Å²) in [4.78, 5) is 12.8. The minimum Gasteiger partial charge on any atom is -0.463 e. The van der Waals surface area contributed by atoms with E-state index in [4.69, 9.17) is 9.68 Å². The average Bonchev–Trinajstić information content (AvgIpc) is 2.92. The molecule has 1 aliphatic heterocycles. The first-order chi connectivity index (χ1) is 7.81. The fourth-order valence-corrected chi connectivity index (χ4v) is 1.21. The fourth-order valence-electron chi connectivity index (χ4n) is 1.21. The third kappa shape index (κ3) is 2.39. The van der Waals surface area contributed by atoms with Crippen LogP contribution >= 0.6 is 0 Å². The number of hydrazone groups is 1. The molecule has 0 aliphatic carbocycles. The Bertz CT molecular complexity index is 432. The maximum atomic E-state index is 11.4. The van der Waals surface area contributed by atoms with Crippen LogP contribution in [0.25, 0.3) is 0 Å². The van der Waals surface area contributed by atoms with E-state index in [1.54, 1.807) is 18.4 Å². The van der Waals surface area contributed by atoms with E-state index in [1.165, 1.54) is 11.1 Å². The average molecular weight is 218 g/mol. The normalized spacial score (nSPS) is 18.4. The maximum Gasteiger partial charge on any atom is 0.244 e.